The van der Waals surface area contributed by atoms with E-state index < -0.39 is 61.5 Å². The molecule has 0 saturated carbocycles. The molecule has 6 atom stereocenters. The largest absolute Gasteiger partial charge is 0.468 e. The molecule has 0 bridgehead atoms. The van der Waals surface area contributed by atoms with Crippen LogP contribution in [-0.4, -0.2) is 74.0 Å². The Hall–Kier alpha value is -2.21. The van der Waals surface area contributed by atoms with Crippen molar-refractivity contribution in [2.45, 2.75) is 64.6 Å². The van der Waals surface area contributed by atoms with E-state index in [9.17, 15) is 18.9 Å². The lowest BCUT2D eigenvalue weighted by atomic mass is 9.81. The zero-order chi connectivity index (χ0) is 24.3. The molecule has 15 heteroatoms. The molecule has 0 spiro atoms. The Morgan fingerprint density at radius 3 is 2.72 bits per heavy atom. The van der Waals surface area contributed by atoms with Gasteiger partial charge in [0.2, 0.25) is 5.91 Å². The molecule has 0 aromatic carbocycles. The Bertz CT molecular complexity index is 847. The fourth-order valence-corrected chi connectivity index (χ4v) is 4.77. The molecular weight excluding hydrogens is 445 g/mol. The van der Waals surface area contributed by atoms with Crippen molar-refractivity contribution < 1.29 is 32.9 Å². The quantitative estimate of drug-likeness (QED) is 0.145. The molecule has 3 amide bonds. The first-order valence-corrected chi connectivity index (χ1v) is 11.6. The summed E-state index contributed by atoms with van der Waals surface area (Å²) in [6.45, 7) is 6.36. The SMILES string of the molecule is CNP(=O)(NC(C)C(=O)OC)OCC1OC(N2C(=O)NC(=O)C(C)(C)C2C)CC1N=[N+]=[N-]. The first-order chi connectivity index (χ1) is 14.9. The van der Waals surface area contributed by atoms with E-state index in [1.54, 1.807) is 20.8 Å². The summed E-state index contributed by atoms with van der Waals surface area (Å²) in [5.41, 5.74) is 8.07. The third-order valence-electron chi connectivity index (χ3n) is 5.85. The number of esters is 1. The predicted octanol–water partition coefficient (Wildman–Crippen LogP) is 1.24. The van der Waals surface area contributed by atoms with Crippen molar-refractivity contribution in [1.29, 1.82) is 0 Å². The van der Waals surface area contributed by atoms with Crippen LogP contribution in [0.5, 0.6) is 0 Å². The van der Waals surface area contributed by atoms with E-state index in [-0.39, 0.29) is 13.0 Å². The van der Waals surface area contributed by atoms with Crippen molar-refractivity contribution in [3.63, 3.8) is 0 Å². The maximum absolute atomic E-state index is 12.9. The third-order valence-corrected chi connectivity index (χ3v) is 7.68. The zero-order valence-corrected chi connectivity index (χ0v) is 19.8. The molecule has 14 nitrogen and oxygen atoms in total. The first kappa shape index (κ1) is 26.0. The standard InChI is InChI=1S/C17H30N7O7P/c1-9(14(25)29-6)22-32(28,19-5)30-8-12-11(21-23-18)7-13(31-12)24-10(2)17(3,4)15(26)20-16(24)27/h9-13H,7-8H2,1-6H3,(H2,19,22,28)(H,20,26,27). The highest BCUT2D eigenvalue weighted by Gasteiger charge is 2.50. The smallest absolute Gasteiger partial charge is 0.341 e. The lowest BCUT2D eigenvalue weighted by molar-refractivity contribution is -0.142. The second-order valence-electron chi connectivity index (χ2n) is 8.15. The zero-order valence-electron chi connectivity index (χ0n) is 18.9. The molecular formula is C17H30N7O7P. The Balaban J connectivity index is 2.14. The molecule has 32 heavy (non-hydrogen) atoms. The van der Waals surface area contributed by atoms with Crippen LogP contribution < -0.4 is 15.5 Å². The molecule has 2 fully saturated rings. The van der Waals surface area contributed by atoms with Gasteiger partial charge >= 0.3 is 19.7 Å². The summed E-state index contributed by atoms with van der Waals surface area (Å²) < 4.78 is 29.0. The second kappa shape index (κ2) is 10.2. The van der Waals surface area contributed by atoms with Crippen LogP contribution >= 0.6 is 7.67 Å². The fraction of sp³-hybridized carbons (Fsp3) is 0.824. The van der Waals surface area contributed by atoms with Gasteiger partial charge in [-0.05, 0) is 40.3 Å². The number of nitrogens with zero attached hydrogens (tertiary/aromatic N) is 4. The van der Waals surface area contributed by atoms with Crippen molar-refractivity contribution in [3.05, 3.63) is 10.4 Å². The number of hydrogen-bond acceptors (Lipinski definition) is 8. The van der Waals surface area contributed by atoms with Crippen molar-refractivity contribution in [1.82, 2.24) is 20.4 Å². The first-order valence-electron chi connectivity index (χ1n) is 10.0. The van der Waals surface area contributed by atoms with Gasteiger partial charge in [0.25, 0.3) is 0 Å². The number of methoxy groups -OCH3 is 1. The number of ether oxygens (including phenoxy) is 2. The molecule has 2 heterocycles. The van der Waals surface area contributed by atoms with Crippen molar-refractivity contribution in [2.24, 2.45) is 10.5 Å². The number of urea groups is 1. The summed E-state index contributed by atoms with van der Waals surface area (Å²) >= 11 is 0. The van der Waals surface area contributed by atoms with Gasteiger partial charge < -0.3 is 14.0 Å². The van der Waals surface area contributed by atoms with Crippen LogP contribution in [0, 0.1) is 5.41 Å². The van der Waals surface area contributed by atoms with Crippen LogP contribution in [0.2, 0.25) is 0 Å². The minimum atomic E-state index is -3.68. The highest BCUT2D eigenvalue weighted by atomic mass is 31.2. The van der Waals surface area contributed by atoms with Crippen LogP contribution in [0.4, 0.5) is 4.79 Å². The van der Waals surface area contributed by atoms with Crippen LogP contribution in [0.1, 0.15) is 34.1 Å². The summed E-state index contributed by atoms with van der Waals surface area (Å²) in [7, 11) is -1.09. The van der Waals surface area contributed by atoms with Gasteiger partial charge in [-0.3, -0.25) is 24.4 Å². The number of hydrogen-bond donors (Lipinski definition) is 3. The highest BCUT2D eigenvalue weighted by Crippen LogP contribution is 2.40. The van der Waals surface area contributed by atoms with Crippen LogP contribution in [0.15, 0.2) is 5.11 Å². The highest BCUT2D eigenvalue weighted by molar-refractivity contribution is 7.54. The molecule has 0 aromatic heterocycles. The summed E-state index contributed by atoms with van der Waals surface area (Å²) in [4.78, 5) is 40.5. The number of nitrogens with one attached hydrogen (secondary N) is 3. The van der Waals surface area contributed by atoms with E-state index in [4.69, 9.17) is 14.8 Å². The van der Waals surface area contributed by atoms with E-state index >= 15 is 0 Å². The molecule has 0 aliphatic carbocycles. The normalized spacial score (nSPS) is 30.1. The molecule has 0 radical (unpaired) electrons. The molecule has 2 saturated heterocycles. The molecule has 6 unspecified atom stereocenters. The van der Waals surface area contributed by atoms with E-state index in [0.717, 1.165) is 0 Å². The Morgan fingerprint density at radius 2 is 2.16 bits per heavy atom. The Morgan fingerprint density at radius 1 is 1.50 bits per heavy atom. The maximum Gasteiger partial charge on any atom is 0.341 e. The Labute approximate surface area is 185 Å². The number of azide groups is 1. The van der Waals surface area contributed by atoms with Gasteiger partial charge in [0.15, 0.2) is 0 Å². The van der Waals surface area contributed by atoms with Crippen molar-refractivity contribution in [3.8, 4) is 0 Å². The number of rotatable bonds is 9. The van der Waals surface area contributed by atoms with Gasteiger partial charge in [-0.15, -0.1) is 0 Å². The third kappa shape index (κ3) is 5.40. The van der Waals surface area contributed by atoms with Gasteiger partial charge in [-0.2, -0.15) is 0 Å². The molecule has 180 valence electrons. The topological polar surface area (TPSA) is 184 Å². The van der Waals surface area contributed by atoms with E-state index in [1.165, 1.54) is 26.0 Å². The molecule has 2 rings (SSSR count). The number of amides is 3. The fourth-order valence-electron chi connectivity index (χ4n) is 3.47. The molecule has 2 aliphatic rings. The lowest BCUT2D eigenvalue weighted by Crippen LogP contribution is -2.65. The lowest BCUT2D eigenvalue weighted by Gasteiger charge is -2.45. The van der Waals surface area contributed by atoms with E-state index in [1.807, 2.05) is 0 Å². The minimum absolute atomic E-state index is 0.163. The summed E-state index contributed by atoms with van der Waals surface area (Å²) in [5.74, 6) is -1.02. The van der Waals surface area contributed by atoms with E-state index in [0.29, 0.717) is 0 Å². The Kier molecular flexibility index (Phi) is 8.27. The number of carbonyl (C=O) groups excluding carboxylic acids is 3. The average Bonchev–Trinajstić information content (AvgIpc) is 3.13. The number of imide groups is 1. The van der Waals surface area contributed by atoms with Gasteiger partial charge in [-0.1, -0.05) is 5.11 Å². The summed E-state index contributed by atoms with van der Waals surface area (Å²) in [6, 6.07) is -2.73. The van der Waals surface area contributed by atoms with Crippen LogP contribution in [-0.2, 0) is 28.2 Å². The van der Waals surface area contributed by atoms with Crippen molar-refractivity contribution in [2.75, 3.05) is 20.8 Å². The summed E-state index contributed by atoms with van der Waals surface area (Å²) in [6.07, 6.45) is -1.46. The van der Waals surface area contributed by atoms with Crippen LogP contribution in [0.25, 0.3) is 10.4 Å². The maximum atomic E-state index is 12.9. The molecule has 3 N–H and O–H groups in total. The van der Waals surface area contributed by atoms with Crippen molar-refractivity contribution >= 4 is 25.6 Å². The van der Waals surface area contributed by atoms with Gasteiger partial charge in [0.1, 0.15) is 12.3 Å². The predicted molar refractivity (Wildman–Crippen MR) is 112 cm³/mol. The molecule has 0 aromatic rings. The second-order valence-corrected chi connectivity index (χ2v) is 10.2. The van der Waals surface area contributed by atoms with Gasteiger partial charge in [0, 0.05) is 17.4 Å². The van der Waals surface area contributed by atoms with E-state index in [2.05, 4.69) is 30.3 Å². The molecule has 2 aliphatic heterocycles. The average molecular weight is 475 g/mol. The number of carbonyl (C=O) groups is 3. The van der Waals surface area contributed by atoms with Crippen LogP contribution in [0.3, 0.4) is 0 Å². The van der Waals surface area contributed by atoms with Gasteiger partial charge in [-0.25, -0.2) is 15.0 Å². The monoisotopic (exact) mass is 475 g/mol. The summed E-state index contributed by atoms with van der Waals surface area (Å²) in [5, 5.41) is 11.1. The minimum Gasteiger partial charge on any atom is -0.468 e. The van der Waals surface area contributed by atoms with Gasteiger partial charge in [0.05, 0.1) is 31.3 Å².